The van der Waals surface area contributed by atoms with Crippen molar-refractivity contribution in [2.75, 3.05) is 6.54 Å². The summed E-state index contributed by atoms with van der Waals surface area (Å²) in [4.78, 5) is 40.8. The van der Waals surface area contributed by atoms with Crippen molar-refractivity contribution in [2.24, 2.45) is 4.99 Å². The third-order valence-electron chi connectivity index (χ3n) is 6.87. The zero-order valence-corrected chi connectivity index (χ0v) is 20.4. The van der Waals surface area contributed by atoms with E-state index in [1.807, 2.05) is 30.3 Å². The fraction of sp³-hybridized carbons (Fsp3) is 0.464. The van der Waals surface area contributed by atoms with Gasteiger partial charge in [0, 0.05) is 50.8 Å². The first-order chi connectivity index (χ1) is 17.4. The highest BCUT2D eigenvalue weighted by atomic mass is 16.5. The number of hydrogen-bond donors (Lipinski definition) is 2. The average molecular weight is 493 g/mol. The molecule has 8 heteroatoms. The van der Waals surface area contributed by atoms with Crippen LogP contribution < -0.4 is 0 Å². The number of nitrogens with zero attached hydrogens (tertiary/aromatic N) is 2. The first-order valence-electron chi connectivity index (χ1n) is 12.7. The van der Waals surface area contributed by atoms with Gasteiger partial charge in [0.25, 0.3) is 0 Å². The lowest BCUT2D eigenvalue weighted by atomic mass is 9.81. The van der Waals surface area contributed by atoms with Crippen LogP contribution in [0.15, 0.2) is 51.2 Å². The molecule has 2 aromatic rings. The minimum atomic E-state index is -0.805. The van der Waals surface area contributed by atoms with E-state index in [1.54, 1.807) is 0 Å². The van der Waals surface area contributed by atoms with E-state index in [2.05, 4.69) is 10.1 Å². The van der Waals surface area contributed by atoms with Crippen LogP contribution in [-0.2, 0) is 22.4 Å². The molecule has 2 N–H and O–H groups in total. The Hall–Kier alpha value is -3.55. The number of carboxylic acids is 1. The van der Waals surface area contributed by atoms with Crippen molar-refractivity contribution >= 4 is 23.2 Å². The summed E-state index contributed by atoms with van der Waals surface area (Å²) in [5, 5.41) is 23.7. The highest BCUT2D eigenvalue weighted by Gasteiger charge is 2.33. The minimum absolute atomic E-state index is 0.00705. The summed E-state index contributed by atoms with van der Waals surface area (Å²) in [6.45, 7) is 0.493. The number of aliphatic hydroxyl groups is 1. The Morgan fingerprint density at radius 2 is 1.81 bits per heavy atom. The Bertz CT molecular complexity index is 1180. The average Bonchev–Trinajstić information content (AvgIpc) is 3.28. The first kappa shape index (κ1) is 25.5. The van der Waals surface area contributed by atoms with Crippen LogP contribution in [0.4, 0.5) is 0 Å². The Kier molecular flexibility index (Phi) is 8.46. The number of carbonyl (C=O) groups excluding carboxylic acids is 2. The second-order valence-electron chi connectivity index (χ2n) is 9.50. The van der Waals surface area contributed by atoms with Crippen molar-refractivity contribution in [3.63, 3.8) is 0 Å². The molecule has 0 amide bonds. The minimum Gasteiger partial charge on any atom is -0.511 e. The summed E-state index contributed by atoms with van der Waals surface area (Å²) >= 11 is 0. The quantitative estimate of drug-likeness (QED) is 0.266. The molecule has 1 heterocycles. The second kappa shape index (κ2) is 11.9. The summed E-state index contributed by atoms with van der Waals surface area (Å²) in [6.07, 6.45) is 5.37. The second-order valence-corrected chi connectivity index (χ2v) is 9.50. The van der Waals surface area contributed by atoms with E-state index in [-0.39, 0.29) is 36.1 Å². The summed E-state index contributed by atoms with van der Waals surface area (Å²) in [5.74, 6) is -0.307. The lowest BCUT2D eigenvalue weighted by Crippen LogP contribution is -2.22. The number of aryl methyl sites for hydroxylation is 1. The number of Topliss-reactive ketones (excluding diaryl/α,β-unsaturated/α-hetero) is 2. The van der Waals surface area contributed by atoms with E-state index < -0.39 is 5.97 Å². The zero-order valence-electron chi connectivity index (χ0n) is 20.4. The van der Waals surface area contributed by atoms with Crippen LogP contribution in [0.25, 0.3) is 0 Å². The van der Waals surface area contributed by atoms with Crippen LogP contribution in [0.2, 0.25) is 0 Å². The van der Waals surface area contributed by atoms with Crippen molar-refractivity contribution in [1.82, 2.24) is 5.16 Å². The lowest BCUT2D eigenvalue weighted by Gasteiger charge is -2.20. The van der Waals surface area contributed by atoms with Crippen LogP contribution in [0.1, 0.15) is 91.1 Å². The van der Waals surface area contributed by atoms with E-state index in [0.717, 1.165) is 18.4 Å². The van der Waals surface area contributed by atoms with Crippen LogP contribution in [-0.4, -0.2) is 45.2 Å². The highest BCUT2D eigenvalue weighted by molar-refractivity contribution is 6.24. The molecule has 0 spiro atoms. The Morgan fingerprint density at radius 1 is 1.00 bits per heavy atom. The molecule has 190 valence electrons. The number of aliphatic imine (C=N–C) groups is 1. The van der Waals surface area contributed by atoms with E-state index in [0.29, 0.717) is 79.8 Å². The first-order valence-corrected chi connectivity index (χ1v) is 12.7. The van der Waals surface area contributed by atoms with Crippen LogP contribution in [0, 0.1) is 0 Å². The van der Waals surface area contributed by atoms with Gasteiger partial charge in [-0.3, -0.25) is 19.4 Å². The Labute approximate surface area is 210 Å². The van der Waals surface area contributed by atoms with Gasteiger partial charge in [-0.2, -0.15) is 0 Å². The van der Waals surface area contributed by atoms with Crippen molar-refractivity contribution in [3.8, 4) is 0 Å². The molecule has 2 aliphatic carbocycles. The smallest absolute Gasteiger partial charge is 0.303 e. The van der Waals surface area contributed by atoms with Crippen molar-refractivity contribution in [2.45, 2.75) is 76.5 Å². The number of aliphatic hydroxyl groups excluding tert-OH is 1. The molecule has 1 atom stereocenters. The molecule has 1 aromatic carbocycles. The molecular formula is C28H32N2O6. The number of aromatic nitrogens is 1. The van der Waals surface area contributed by atoms with Gasteiger partial charge in [0.1, 0.15) is 11.5 Å². The maximum absolute atomic E-state index is 13.0. The van der Waals surface area contributed by atoms with Gasteiger partial charge in [-0.25, -0.2) is 0 Å². The molecule has 0 aliphatic heterocycles. The molecule has 1 saturated carbocycles. The molecule has 0 bridgehead atoms. The monoisotopic (exact) mass is 492 g/mol. The normalized spacial score (nSPS) is 20.4. The summed E-state index contributed by atoms with van der Waals surface area (Å²) in [5.41, 5.74) is 3.05. The van der Waals surface area contributed by atoms with Gasteiger partial charge in [0.15, 0.2) is 11.6 Å². The molecule has 1 unspecified atom stereocenters. The number of carbonyl (C=O) groups is 3. The maximum atomic E-state index is 13.0. The molecule has 0 saturated heterocycles. The van der Waals surface area contributed by atoms with Gasteiger partial charge in [-0.05, 0) is 37.2 Å². The summed E-state index contributed by atoms with van der Waals surface area (Å²) in [6, 6.07) is 9.90. The maximum Gasteiger partial charge on any atom is 0.303 e. The molecule has 1 aromatic heterocycles. The van der Waals surface area contributed by atoms with Gasteiger partial charge in [0.05, 0.1) is 16.8 Å². The highest BCUT2D eigenvalue weighted by Crippen LogP contribution is 2.35. The standard InChI is InChI=1S/C28H32N2O6/c31-22-11-7-10-20(29-15-6-2-5-12-26(34)35)27(22)23(32)14-13-21-28-24(33)16-19(17-25(28)36-30-21)18-8-3-1-4-9-18/h1,3-4,8-9,19,32H,2,5-7,10-17H2,(H,34,35)/b27-23-,29-20?. The fourth-order valence-corrected chi connectivity index (χ4v) is 5.03. The third-order valence-corrected chi connectivity index (χ3v) is 6.87. The molecule has 36 heavy (non-hydrogen) atoms. The van der Waals surface area contributed by atoms with Crippen LogP contribution >= 0.6 is 0 Å². The molecule has 4 rings (SSSR count). The largest absolute Gasteiger partial charge is 0.511 e. The number of rotatable bonds is 10. The van der Waals surface area contributed by atoms with Crippen LogP contribution in [0.3, 0.4) is 0 Å². The number of unbranched alkanes of at least 4 members (excludes halogenated alkanes) is 2. The number of aliphatic carboxylic acids is 1. The molecule has 0 radical (unpaired) electrons. The zero-order chi connectivity index (χ0) is 25.5. The Balaban J connectivity index is 1.41. The van der Waals surface area contributed by atoms with E-state index in [9.17, 15) is 19.5 Å². The summed E-state index contributed by atoms with van der Waals surface area (Å²) < 4.78 is 5.53. The van der Waals surface area contributed by atoms with Crippen molar-refractivity contribution in [1.29, 1.82) is 0 Å². The number of ketones is 2. The molecular weight excluding hydrogens is 460 g/mol. The number of carboxylic acid groups (broad SMARTS) is 1. The SMILES string of the molecule is O=C(O)CCCCCN=C1CCCC(=O)/C1=C(\O)CCc1noc2c1C(=O)CC(c1ccccc1)C2. The topological polar surface area (TPSA) is 130 Å². The van der Waals surface area contributed by atoms with Crippen molar-refractivity contribution < 1.29 is 29.1 Å². The van der Waals surface area contributed by atoms with Gasteiger partial charge in [0.2, 0.25) is 0 Å². The number of hydrogen-bond acceptors (Lipinski definition) is 7. The third kappa shape index (κ3) is 6.17. The molecule has 1 fully saturated rings. The van der Waals surface area contributed by atoms with Crippen molar-refractivity contribution in [3.05, 3.63) is 64.2 Å². The number of benzene rings is 1. The van der Waals surface area contributed by atoms with E-state index in [1.165, 1.54) is 0 Å². The Morgan fingerprint density at radius 3 is 2.58 bits per heavy atom. The van der Waals surface area contributed by atoms with Crippen LogP contribution in [0.5, 0.6) is 0 Å². The molecule has 8 nitrogen and oxygen atoms in total. The summed E-state index contributed by atoms with van der Waals surface area (Å²) in [7, 11) is 0. The van der Waals surface area contributed by atoms with Gasteiger partial charge >= 0.3 is 5.97 Å². The van der Waals surface area contributed by atoms with E-state index in [4.69, 9.17) is 9.63 Å². The lowest BCUT2D eigenvalue weighted by molar-refractivity contribution is -0.137. The number of allylic oxidation sites excluding steroid dienone is 2. The van der Waals surface area contributed by atoms with E-state index >= 15 is 0 Å². The fourth-order valence-electron chi connectivity index (χ4n) is 5.03. The van der Waals surface area contributed by atoms with Gasteiger partial charge in [-0.15, -0.1) is 0 Å². The van der Waals surface area contributed by atoms with Gasteiger partial charge < -0.3 is 14.7 Å². The predicted octanol–water partition coefficient (Wildman–Crippen LogP) is 5.17. The predicted molar refractivity (Wildman–Crippen MR) is 134 cm³/mol. The molecule has 2 aliphatic rings. The number of fused-ring (bicyclic) bond motifs is 1. The van der Waals surface area contributed by atoms with Gasteiger partial charge in [-0.1, -0.05) is 41.9 Å².